The van der Waals surface area contributed by atoms with Gasteiger partial charge in [-0.05, 0) is 31.9 Å². The van der Waals surface area contributed by atoms with Crippen LogP contribution in [0.2, 0.25) is 0 Å². The Balaban J connectivity index is 1.83. The minimum absolute atomic E-state index is 0.145. The van der Waals surface area contributed by atoms with Crippen LogP contribution in [0.25, 0.3) is 0 Å². The number of hydrogen-bond acceptors (Lipinski definition) is 2. The van der Waals surface area contributed by atoms with Gasteiger partial charge in [-0.25, -0.2) is 9.38 Å². The molecule has 1 saturated carbocycles. The number of aliphatic imine (C=N–C) groups is 1. The van der Waals surface area contributed by atoms with E-state index < -0.39 is 0 Å². The summed E-state index contributed by atoms with van der Waals surface area (Å²) >= 11 is 0. The van der Waals surface area contributed by atoms with E-state index in [-0.39, 0.29) is 11.9 Å². The molecule has 0 heterocycles. The third kappa shape index (κ3) is 4.12. The summed E-state index contributed by atoms with van der Waals surface area (Å²) in [5.74, 6) is 0.746. The molecule has 1 aliphatic rings. The average Bonchev–Trinajstić information content (AvgIpc) is 3.19. The van der Waals surface area contributed by atoms with Gasteiger partial charge in [0.2, 0.25) is 0 Å². The second-order valence-electron chi connectivity index (χ2n) is 4.93. The van der Waals surface area contributed by atoms with Crippen LogP contribution in [0, 0.1) is 5.82 Å². The fourth-order valence-electron chi connectivity index (χ4n) is 1.79. The number of rotatable bonds is 5. The lowest BCUT2D eigenvalue weighted by molar-refractivity contribution is 0.229. The van der Waals surface area contributed by atoms with Crippen LogP contribution in [0.1, 0.15) is 19.8 Å². The van der Waals surface area contributed by atoms with Gasteiger partial charge in [0.05, 0.1) is 6.54 Å². The van der Waals surface area contributed by atoms with E-state index in [1.807, 2.05) is 18.9 Å². The molecule has 1 fully saturated rings. The molecule has 1 aromatic rings. The highest BCUT2D eigenvalue weighted by Crippen LogP contribution is 2.24. The summed E-state index contributed by atoms with van der Waals surface area (Å²) in [5, 5.41) is 0. The van der Waals surface area contributed by atoms with E-state index in [9.17, 15) is 4.39 Å². The van der Waals surface area contributed by atoms with Crippen molar-refractivity contribution in [2.24, 2.45) is 10.7 Å². The summed E-state index contributed by atoms with van der Waals surface area (Å²) in [7, 11) is 1.95. The predicted molar refractivity (Wildman–Crippen MR) is 73.8 cm³/mol. The monoisotopic (exact) mass is 265 g/mol. The van der Waals surface area contributed by atoms with Gasteiger partial charge in [0.15, 0.2) is 5.96 Å². The fourth-order valence-corrected chi connectivity index (χ4v) is 1.79. The van der Waals surface area contributed by atoms with E-state index in [1.54, 1.807) is 12.1 Å². The molecule has 1 atom stereocenters. The van der Waals surface area contributed by atoms with Crippen LogP contribution in [-0.2, 0) is 0 Å². The van der Waals surface area contributed by atoms with E-state index in [0.29, 0.717) is 24.3 Å². The second kappa shape index (κ2) is 5.91. The van der Waals surface area contributed by atoms with Crippen LogP contribution in [0.5, 0.6) is 5.75 Å². The van der Waals surface area contributed by atoms with Gasteiger partial charge in [-0.15, -0.1) is 0 Å². The van der Waals surface area contributed by atoms with Gasteiger partial charge in [-0.1, -0.05) is 6.07 Å². The van der Waals surface area contributed by atoms with E-state index >= 15 is 0 Å². The molecule has 5 heteroatoms. The van der Waals surface area contributed by atoms with Crippen molar-refractivity contribution < 1.29 is 9.13 Å². The molecule has 19 heavy (non-hydrogen) atoms. The standard InChI is InChI=1S/C14H20FN3O/c1-10(19-13-5-3-4-11(15)8-13)9-17-14(16)18(2)12-6-7-12/h3-5,8,10,12H,6-7,9H2,1-2H3,(H2,16,17). The van der Waals surface area contributed by atoms with Gasteiger partial charge in [-0.3, -0.25) is 0 Å². The topological polar surface area (TPSA) is 50.8 Å². The van der Waals surface area contributed by atoms with Crippen molar-refractivity contribution in [3.05, 3.63) is 30.1 Å². The van der Waals surface area contributed by atoms with Crippen LogP contribution in [-0.4, -0.2) is 36.6 Å². The van der Waals surface area contributed by atoms with Gasteiger partial charge in [-0.2, -0.15) is 0 Å². The summed E-state index contributed by atoms with van der Waals surface area (Å²) in [6.07, 6.45) is 2.22. The van der Waals surface area contributed by atoms with Crippen molar-refractivity contribution in [2.75, 3.05) is 13.6 Å². The second-order valence-corrected chi connectivity index (χ2v) is 4.93. The molecule has 0 spiro atoms. The van der Waals surface area contributed by atoms with Gasteiger partial charge in [0.25, 0.3) is 0 Å². The Labute approximate surface area is 113 Å². The highest BCUT2D eigenvalue weighted by molar-refractivity contribution is 5.78. The van der Waals surface area contributed by atoms with E-state index in [1.165, 1.54) is 25.0 Å². The first-order valence-corrected chi connectivity index (χ1v) is 6.51. The number of nitrogens with two attached hydrogens (primary N) is 1. The van der Waals surface area contributed by atoms with E-state index in [4.69, 9.17) is 10.5 Å². The lowest BCUT2D eigenvalue weighted by Gasteiger charge is -2.18. The maximum absolute atomic E-state index is 13.0. The molecule has 0 bridgehead atoms. The Morgan fingerprint density at radius 2 is 2.32 bits per heavy atom. The molecule has 2 rings (SSSR count). The number of nitrogens with zero attached hydrogens (tertiary/aromatic N) is 2. The molecule has 1 aromatic carbocycles. The van der Waals surface area contributed by atoms with Crippen molar-refractivity contribution >= 4 is 5.96 Å². The predicted octanol–water partition coefficient (Wildman–Crippen LogP) is 2.00. The molecule has 0 amide bonds. The zero-order valence-electron chi connectivity index (χ0n) is 11.3. The fraction of sp³-hybridized carbons (Fsp3) is 0.500. The molecule has 0 aromatic heterocycles. The molecule has 1 unspecified atom stereocenters. The minimum Gasteiger partial charge on any atom is -0.489 e. The van der Waals surface area contributed by atoms with Crippen LogP contribution in [0.3, 0.4) is 0 Å². The van der Waals surface area contributed by atoms with Gasteiger partial charge in [0, 0.05) is 19.2 Å². The normalized spacial score (nSPS) is 17.1. The zero-order valence-corrected chi connectivity index (χ0v) is 11.3. The van der Waals surface area contributed by atoms with E-state index in [2.05, 4.69) is 4.99 Å². The molecule has 1 aliphatic carbocycles. The Morgan fingerprint density at radius 3 is 2.95 bits per heavy atom. The number of ether oxygens (including phenoxy) is 1. The molecule has 0 radical (unpaired) electrons. The highest BCUT2D eigenvalue weighted by Gasteiger charge is 2.27. The van der Waals surface area contributed by atoms with Crippen molar-refractivity contribution in [2.45, 2.75) is 31.9 Å². The van der Waals surface area contributed by atoms with Gasteiger partial charge < -0.3 is 15.4 Å². The third-order valence-electron chi connectivity index (χ3n) is 3.10. The Kier molecular flexibility index (Phi) is 4.24. The number of guanidine groups is 1. The van der Waals surface area contributed by atoms with Crippen molar-refractivity contribution in [3.8, 4) is 5.75 Å². The quantitative estimate of drug-likeness (QED) is 0.654. The van der Waals surface area contributed by atoms with E-state index in [0.717, 1.165) is 0 Å². The van der Waals surface area contributed by atoms with Crippen LogP contribution < -0.4 is 10.5 Å². The van der Waals surface area contributed by atoms with Crippen molar-refractivity contribution in [1.82, 2.24) is 4.90 Å². The first-order valence-electron chi connectivity index (χ1n) is 6.51. The lowest BCUT2D eigenvalue weighted by atomic mass is 10.3. The Bertz CT molecular complexity index is 460. The van der Waals surface area contributed by atoms with Crippen molar-refractivity contribution in [1.29, 1.82) is 0 Å². The molecule has 4 nitrogen and oxygen atoms in total. The molecule has 0 aliphatic heterocycles. The molecule has 104 valence electrons. The molecule has 2 N–H and O–H groups in total. The molecular weight excluding hydrogens is 245 g/mol. The first kappa shape index (κ1) is 13.6. The Hall–Kier alpha value is -1.78. The maximum atomic E-state index is 13.0. The molecule has 0 saturated heterocycles. The first-order chi connectivity index (χ1) is 9.06. The summed E-state index contributed by atoms with van der Waals surface area (Å²) in [4.78, 5) is 6.30. The number of benzene rings is 1. The summed E-state index contributed by atoms with van der Waals surface area (Å²) in [6.45, 7) is 2.35. The summed E-state index contributed by atoms with van der Waals surface area (Å²) < 4.78 is 18.6. The zero-order chi connectivity index (χ0) is 13.8. The van der Waals surface area contributed by atoms with Crippen molar-refractivity contribution in [3.63, 3.8) is 0 Å². The largest absolute Gasteiger partial charge is 0.489 e. The third-order valence-corrected chi connectivity index (χ3v) is 3.10. The minimum atomic E-state index is -0.304. The molecular formula is C14H20FN3O. The summed E-state index contributed by atoms with van der Waals surface area (Å²) in [6, 6.07) is 6.64. The van der Waals surface area contributed by atoms with Gasteiger partial charge in [0.1, 0.15) is 17.7 Å². The Morgan fingerprint density at radius 1 is 1.58 bits per heavy atom. The van der Waals surface area contributed by atoms with Crippen LogP contribution >= 0.6 is 0 Å². The lowest BCUT2D eigenvalue weighted by Crippen LogP contribution is -2.36. The number of halogens is 1. The van der Waals surface area contributed by atoms with Crippen LogP contribution in [0.15, 0.2) is 29.3 Å². The summed E-state index contributed by atoms with van der Waals surface area (Å²) in [5.41, 5.74) is 5.88. The maximum Gasteiger partial charge on any atom is 0.191 e. The van der Waals surface area contributed by atoms with Crippen LogP contribution in [0.4, 0.5) is 4.39 Å². The van der Waals surface area contributed by atoms with Gasteiger partial charge >= 0.3 is 0 Å². The smallest absolute Gasteiger partial charge is 0.191 e. The SMILES string of the molecule is CC(CN=C(N)N(C)C1CC1)Oc1cccc(F)c1. The average molecular weight is 265 g/mol. The number of hydrogen-bond donors (Lipinski definition) is 1. The highest BCUT2D eigenvalue weighted by atomic mass is 19.1.